The second-order valence-electron chi connectivity index (χ2n) is 3.16. The predicted octanol–water partition coefficient (Wildman–Crippen LogP) is 2.30. The topological polar surface area (TPSA) is 25.2 Å². The number of thioether (sulfide) groups is 1. The predicted molar refractivity (Wildman–Crippen MR) is 66.0 cm³/mol. The normalized spacial score (nSPS) is 10.1. The van der Waals surface area contributed by atoms with Gasteiger partial charge in [0.1, 0.15) is 11.5 Å². The van der Waals surface area contributed by atoms with Crippen molar-refractivity contribution in [3.8, 4) is 12.3 Å². The highest BCUT2D eigenvalue weighted by Crippen LogP contribution is 2.15. The van der Waals surface area contributed by atoms with E-state index >= 15 is 0 Å². The summed E-state index contributed by atoms with van der Waals surface area (Å²) in [6, 6.07) is 4.10. The Morgan fingerprint density at radius 2 is 2.27 bits per heavy atom. The molecule has 0 spiro atoms. The van der Waals surface area contributed by atoms with Crippen molar-refractivity contribution in [3.63, 3.8) is 0 Å². The fourth-order valence-corrected chi connectivity index (χ4v) is 1.96. The SMILES string of the molecule is C#CCNCCSCc1ccc(CC)o1. The van der Waals surface area contributed by atoms with Crippen LogP contribution in [0, 0.1) is 12.3 Å². The number of hydrogen-bond acceptors (Lipinski definition) is 3. The van der Waals surface area contributed by atoms with Gasteiger partial charge in [0.15, 0.2) is 0 Å². The van der Waals surface area contributed by atoms with Gasteiger partial charge in [-0.25, -0.2) is 0 Å². The van der Waals surface area contributed by atoms with Crippen molar-refractivity contribution < 1.29 is 4.42 Å². The Hall–Kier alpha value is -0.850. The van der Waals surface area contributed by atoms with Gasteiger partial charge < -0.3 is 9.73 Å². The number of hydrogen-bond donors (Lipinski definition) is 1. The molecule has 0 aliphatic carbocycles. The van der Waals surface area contributed by atoms with E-state index < -0.39 is 0 Å². The molecule has 0 amide bonds. The fraction of sp³-hybridized carbons (Fsp3) is 0.500. The lowest BCUT2D eigenvalue weighted by molar-refractivity contribution is 0.485. The number of nitrogens with one attached hydrogen (secondary N) is 1. The van der Waals surface area contributed by atoms with E-state index in [0.717, 1.165) is 36.0 Å². The standard InChI is InChI=1S/C12H17NOS/c1-3-7-13-8-9-15-10-12-6-5-11(4-2)14-12/h1,5-6,13H,4,7-10H2,2H3. The van der Waals surface area contributed by atoms with E-state index in [1.54, 1.807) is 0 Å². The van der Waals surface area contributed by atoms with Crippen LogP contribution in [0.25, 0.3) is 0 Å². The van der Waals surface area contributed by atoms with Gasteiger partial charge in [0.25, 0.3) is 0 Å². The van der Waals surface area contributed by atoms with Gasteiger partial charge in [0.05, 0.1) is 12.3 Å². The molecule has 0 saturated heterocycles. The van der Waals surface area contributed by atoms with Crippen molar-refractivity contribution in [1.29, 1.82) is 0 Å². The summed E-state index contributed by atoms with van der Waals surface area (Å²) < 4.78 is 5.59. The molecule has 0 aliphatic heterocycles. The second-order valence-corrected chi connectivity index (χ2v) is 4.26. The minimum absolute atomic E-state index is 0.654. The summed E-state index contributed by atoms with van der Waals surface area (Å²) in [5, 5.41) is 3.15. The molecule has 0 atom stereocenters. The van der Waals surface area contributed by atoms with E-state index in [1.807, 2.05) is 17.8 Å². The molecule has 0 fully saturated rings. The summed E-state index contributed by atoms with van der Waals surface area (Å²) >= 11 is 1.86. The first-order valence-corrected chi connectivity index (χ1v) is 6.31. The van der Waals surface area contributed by atoms with Crippen LogP contribution in [0.3, 0.4) is 0 Å². The fourth-order valence-electron chi connectivity index (χ4n) is 1.17. The molecule has 0 radical (unpaired) electrons. The molecule has 15 heavy (non-hydrogen) atoms. The third-order valence-corrected chi connectivity index (χ3v) is 2.94. The molecule has 0 unspecified atom stereocenters. The van der Waals surface area contributed by atoms with Crippen LogP contribution in [0.15, 0.2) is 16.5 Å². The molecule has 0 aliphatic rings. The number of rotatable bonds is 7. The molecule has 0 saturated carbocycles. The van der Waals surface area contributed by atoms with Crippen LogP contribution in [-0.2, 0) is 12.2 Å². The molecule has 82 valence electrons. The number of aryl methyl sites for hydroxylation is 1. The zero-order valence-electron chi connectivity index (χ0n) is 9.08. The average Bonchev–Trinajstić information content (AvgIpc) is 2.71. The van der Waals surface area contributed by atoms with Gasteiger partial charge in [-0.05, 0) is 12.1 Å². The second kappa shape index (κ2) is 7.44. The Balaban J connectivity index is 2.07. The van der Waals surface area contributed by atoms with Crippen LogP contribution >= 0.6 is 11.8 Å². The van der Waals surface area contributed by atoms with Crippen LogP contribution in [0.1, 0.15) is 18.4 Å². The van der Waals surface area contributed by atoms with Crippen molar-refractivity contribution in [1.82, 2.24) is 5.32 Å². The van der Waals surface area contributed by atoms with Crippen LogP contribution in [0.5, 0.6) is 0 Å². The first-order chi connectivity index (χ1) is 7.36. The van der Waals surface area contributed by atoms with Crippen molar-refractivity contribution in [2.75, 3.05) is 18.8 Å². The Kier molecular flexibility index (Phi) is 6.06. The minimum Gasteiger partial charge on any atom is -0.465 e. The number of terminal acetylenes is 1. The summed E-state index contributed by atoms with van der Waals surface area (Å²) in [5.41, 5.74) is 0. The molecule has 1 aromatic rings. The molecule has 3 heteroatoms. The molecule has 1 rings (SSSR count). The molecule has 2 nitrogen and oxygen atoms in total. The summed E-state index contributed by atoms with van der Waals surface area (Å²) in [5.74, 6) is 6.68. The van der Waals surface area contributed by atoms with Crippen molar-refractivity contribution in [2.45, 2.75) is 19.1 Å². The molecular weight excluding hydrogens is 206 g/mol. The maximum Gasteiger partial charge on any atom is 0.114 e. The maximum atomic E-state index is 5.59. The van der Waals surface area contributed by atoms with Crippen LogP contribution in [0.2, 0.25) is 0 Å². The van der Waals surface area contributed by atoms with Crippen LogP contribution in [0.4, 0.5) is 0 Å². The monoisotopic (exact) mass is 223 g/mol. The molecular formula is C12H17NOS. The van der Waals surface area contributed by atoms with E-state index in [0.29, 0.717) is 6.54 Å². The van der Waals surface area contributed by atoms with E-state index in [2.05, 4.69) is 24.2 Å². The number of furan rings is 1. The third-order valence-electron chi connectivity index (χ3n) is 1.96. The third kappa shape index (κ3) is 4.96. The van der Waals surface area contributed by atoms with E-state index in [-0.39, 0.29) is 0 Å². The Bertz CT molecular complexity index is 314. The van der Waals surface area contributed by atoms with Gasteiger partial charge in [0, 0.05) is 18.7 Å². The first-order valence-electron chi connectivity index (χ1n) is 5.16. The maximum absolute atomic E-state index is 5.59. The average molecular weight is 223 g/mol. The van der Waals surface area contributed by atoms with Gasteiger partial charge in [0.2, 0.25) is 0 Å². The Labute approximate surface area is 95.8 Å². The summed E-state index contributed by atoms with van der Waals surface area (Å²) in [7, 11) is 0. The van der Waals surface area contributed by atoms with Gasteiger partial charge in [-0.3, -0.25) is 0 Å². The molecule has 1 heterocycles. The summed E-state index contributed by atoms with van der Waals surface area (Å²) in [6.45, 7) is 3.71. The van der Waals surface area contributed by atoms with Crippen LogP contribution < -0.4 is 5.32 Å². The quantitative estimate of drug-likeness (QED) is 0.567. The van der Waals surface area contributed by atoms with E-state index in [9.17, 15) is 0 Å². The Morgan fingerprint density at radius 3 is 2.93 bits per heavy atom. The summed E-state index contributed by atoms with van der Waals surface area (Å²) in [4.78, 5) is 0. The lowest BCUT2D eigenvalue weighted by atomic mass is 10.4. The zero-order valence-corrected chi connectivity index (χ0v) is 9.90. The minimum atomic E-state index is 0.654. The smallest absolute Gasteiger partial charge is 0.114 e. The largest absolute Gasteiger partial charge is 0.465 e. The van der Waals surface area contributed by atoms with Crippen molar-refractivity contribution in [3.05, 3.63) is 23.7 Å². The van der Waals surface area contributed by atoms with Gasteiger partial charge in [-0.1, -0.05) is 12.8 Å². The highest BCUT2D eigenvalue weighted by Gasteiger charge is 1.99. The van der Waals surface area contributed by atoms with E-state index in [1.165, 1.54) is 0 Å². The first kappa shape index (κ1) is 12.2. The zero-order chi connectivity index (χ0) is 10.9. The van der Waals surface area contributed by atoms with E-state index in [4.69, 9.17) is 10.8 Å². The van der Waals surface area contributed by atoms with Gasteiger partial charge in [-0.2, -0.15) is 11.8 Å². The van der Waals surface area contributed by atoms with Crippen molar-refractivity contribution in [2.24, 2.45) is 0 Å². The summed E-state index contributed by atoms with van der Waals surface area (Å²) in [6.07, 6.45) is 6.08. The highest BCUT2D eigenvalue weighted by atomic mass is 32.2. The molecule has 0 bridgehead atoms. The van der Waals surface area contributed by atoms with Gasteiger partial charge in [-0.15, -0.1) is 6.42 Å². The Morgan fingerprint density at radius 1 is 1.47 bits per heavy atom. The van der Waals surface area contributed by atoms with Gasteiger partial charge >= 0.3 is 0 Å². The highest BCUT2D eigenvalue weighted by molar-refractivity contribution is 7.98. The lowest BCUT2D eigenvalue weighted by Gasteiger charge is -1.99. The molecule has 1 N–H and O–H groups in total. The lowest BCUT2D eigenvalue weighted by Crippen LogP contribution is -2.16. The molecule has 1 aromatic heterocycles. The van der Waals surface area contributed by atoms with Crippen LogP contribution in [-0.4, -0.2) is 18.8 Å². The van der Waals surface area contributed by atoms with Crippen molar-refractivity contribution >= 4 is 11.8 Å². The molecule has 0 aromatic carbocycles.